The van der Waals surface area contributed by atoms with Gasteiger partial charge in [0.1, 0.15) is 5.54 Å². The van der Waals surface area contributed by atoms with Gasteiger partial charge in [-0.05, 0) is 30.7 Å². The third-order valence-electron chi connectivity index (χ3n) is 4.24. The molecule has 21 heavy (non-hydrogen) atoms. The van der Waals surface area contributed by atoms with E-state index >= 15 is 0 Å². The van der Waals surface area contributed by atoms with Crippen molar-refractivity contribution in [2.24, 2.45) is 5.92 Å². The van der Waals surface area contributed by atoms with E-state index in [1.165, 1.54) is 5.56 Å². The maximum absolute atomic E-state index is 9.92. The minimum absolute atomic E-state index is 0.353. The van der Waals surface area contributed by atoms with E-state index in [1.54, 1.807) is 0 Å². The molecule has 1 aliphatic rings. The molecule has 1 saturated heterocycles. The van der Waals surface area contributed by atoms with Gasteiger partial charge in [0.05, 0.1) is 19.3 Å². The molecule has 0 aliphatic carbocycles. The van der Waals surface area contributed by atoms with Crippen LogP contribution in [0.5, 0.6) is 0 Å². The maximum atomic E-state index is 9.92. The first-order valence-corrected chi connectivity index (χ1v) is 7.94. The lowest BCUT2D eigenvalue weighted by molar-refractivity contribution is -0.0124. The van der Waals surface area contributed by atoms with Crippen LogP contribution in [0.25, 0.3) is 0 Å². The normalized spacial score (nSPS) is 19.1. The summed E-state index contributed by atoms with van der Waals surface area (Å²) in [6.07, 6.45) is 2.78. The summed E-state index contributed by atoms with van der Waals surface area (Å²) in [4.78, 5) is 2.35. The average Bonchev–Trinajstić information content (AvgIpc) is 2.53. The van der Waals surface area contributed by atoms with E-state index in [9.17, 15) is 5.26 Å². The van der Waals surface area contributed by atoms with E-state index in [-0.39, 0.29) is 5.54 Å². The molecule has 0 bridgehead atoms. The van der Waals surface area contributed by atoms with E-state index < -0.39 is 0 Å². The van der Waals surface area contributed by atoms with Gasteiger partial charge < -0.3 is 4.74 Å². The summed E-state index contributed by atoms with van der Waals surface area (Å²) in [6, 6.07) is 13.1. The SMILES string of the molecule is CC(C)CC(C#N)(CCc1ccccc1)N1CCOCC1. The molecular weight excluding hydrogens is 260 g/mol. The molecule has 1 unspecified atom stereocenters. The molecule has 1 aromatic rings. The zero-order chi connectivity index (χ0) is 15.1. The molecule has 0 N–H and O–H groups in total. The van der Waals surface area contributed by atoms with Crippen molar-refractivity contribution in [3.63, 3.8) is 0 Å². The standard InChI is InChI=1S/C18H26N2O/c1-16(2)14-18(15-19,20-10-12-21-13-11-20)9-8-17-6-4-3-5-7-17/h3-7,16H,8-14H2,1-2H3. The molecule has 1 aromatic carbocycles. The molecule has 0 saturated carbocycles. The van der Waals surface area contributed by atoms with Crippen molar-refractivity contribution in [3.8, 4) is 6.07 Å². The second kappa shape index (κ2) is 7.59. The molecule has 1 heterocycles. The number of hydrogen-bond donors (Lipinski definition) is 0. The molecular formula is C18H26N2O. The number of morpholine rings is 1. The van der Waals surface area contributed by atoms with Crippen LogP contribution in [0.15, 0.2) is 30.3 Å². The van der Waals surface area contributed by atoms with Crippen molar-refractivity contribution in [3.05, 3.63) is 35.9 Å². The molecule has 1 fully saturated rings. The van der Waals surface area contributed by atoms with Crippen molar-refractivity contribution in [2.75, 3.05) is 26.3 Å². The molecule has 3 heteroatoms. The van der Waals surface area contributed by atoms with Gasteiger partial charge in [0.25, 0.3) is 0 Å². The predicted octanol–water partition coefficient (Wildman–Crippen LogP) is 3.26. The van der Waals surface area contributed by atoms with E-state index in [0.717, 1.165) is 45.6 Å². The lowest BCUT2D eigenvalue weighted by Crippen LogP contribution is -2.53. The number of rotatable bonds is 6. The number of hydrogen-bond acceptors (Lipinski definition) is 3. The molecule has 0 aromatic heterocycles. The minimum atomic E-state index is -0.353. The highest BCUT2D eigenvalue weighted by Crippen LogP contribution is 2.30. The largest absolute Gasteiger partial charge is 0.379 e. The van der Waals surface area contributed by atoms with E-state index in [1.807, 2.05) is 6.07 Å². The highest BCUT2D eigenvalue weighted by atomic mass is 16.5. The highest BCUT2D eigenvalue weighted by molar-refractivity contribution is 5.18. The summed E-state index contributed by atoms with van der Waals surface area (Å²) in [5.41, 5.74) is 0.961. The predicted molar refractivity (Wildman–Crippen MR) is 85.0 cm³/mol. The number of benzene rings is 1. The summed E-state index contributed by atoms with van der Waals surface area (Å²) in [6.45, 7) is 7.63. The van der Waals surface area contributed by atoms with Gasteiger partial charge in [-0.15, -0.1) is 0 Å². The van der Waals surface area contributed by atoms with Crippen molar-refractivity contribution in [2.45, 2.75) is 38.6 Å². The van der Waals surface area contributed by atoms with Crippen molar-refractivity contribution >= 4 is 0 Å². The van der Waals surface area contributed by atoms with Gasteiger partial charge in [-0.2, -0.15) is 5.26 Å². The van der Waals surface area contributed by atoms with Gasteiger partial charge in [-0.3, -0.25) is 4.90 Å². The average molecular weight is 286 g/mol. The van der Waals surface area contributed by atoms with Crippen LogP contribution in [0.1, 0.15) is 32.3 Å². The quantitative estimate of drug-likeness (QED) is 0.805. The molecule has 114 valence electrons. The summed E-state index contributed by atoms with van der Waals surface area (Å²) in [5.74, 6) is 0.517. The Bertz CT molecular complexity index is 460. The summed E-state index contributed by atoms with van der Waals surface area (Å²) in [5, 5.41) is 9.92. The topological polar surface area (TPSA) is 36.3 Å². The Hall–Kier alpha value is -1.37. The van der Waals surface area contributed by atoms with Gasteiger partial charge in [-0.1, -0.05) is 44.2 Å². The second-order valence-corrected chi connectivity index (χ2v) is 6.33. The zero-order valence-corrected chi connectivity index (χ0v) is 13.2. The van der Waals surface area contributed by atoms with Crippen LogP contribution in [0.2, 0.25) is 0 Å². The Morgan fingerprint density at radius 3 is 2.48 bits per heavy atom. The van der Waals surface area contributed by atoms with E-state index in [2.05, 4.69) is 49.1 Å². The maximum Gasteiger partial charge on any atom is 0.109 e. The van der Waals surface area contributed by atoms with Gasteiger partial charge >= 0.3 is 0 Å². The number of ether oxygens (including phenoxy) is 1. The first-order valence-electron chi connectivity index (χ1n) is 7.94. The fraction of sp³-hybridized carbons (Fsp3) is 0.611. The van der Waals surface area contributed by atoms with Gasteiger partial charge in [-0.25, -0.2) is 0 Å². The van der Waals surface area contributed by atoms with Gasteiger partial charge in [0.2, 0.25) is 0 Å². The lowest BCUT2D eigenvalue weighted by Gasteiger charge is -2.42. The smallest absolute Gasteiger partial charge is 0.109 e. The summed E-state index contributed by atoms with van der Waals surface area (Å²) < 4.78 is 5.46. The Balaban J connectivity index is 2.12. The van der Waals surface area contributed by atoms with Crippen molar-refractivity contribution in [1.29, 1.82) is 5.26 Å². The van der Waals surface area contributed by atoms with Gasteiger partial charge in [0.15, 0.2) is 0 Å². The van der Waals surface area contributed by atoms with Gasteiger partial charge in [0, 0.05) is 13.1 Å². The molecule has 0 amide bonds. The van der Waals surface area contributed by atoms with Crippen LogP contribution in [0.4, 0.5) is 0 Å². The lowest BCUT2D eigenvalue weighted by atomic mass is 9.83. The Labute approximate surface area is 128 Å². The minimum Gasteiger partial charge on any atom is -0.379 e. The molecule has 0 spiro atoms. The highest BCUT2D eigenvalue weighted by Gasteiger charge is 2.38. The molecule has 1 aliphatic heterocycles. The third-order valence-corrected chi connectivity index (χ3v) is 4.24. The van der Waals surface area contributed by atoms with Crippen molar-refractivity contribution < 1.29 is 4.74 Å². The van der Waals surface area contributed by atoms with Crippen LogP contribution in [0, 0.1) is 17.2 Å². The van der Waals surface area contributed by atoms with Crippen molar-refractivity contribution in [1.82, 2.24) is 4.90 Å². The van der Waals surface area contributed by atoms with Crippen LogP contribution in [0.3, 0.4) is 0 Å². The van der Waals surface area contributed by atoms with E-state index in [0.29, 0.717) is 5.92 Å². The van der Waals surface area contributed by atoms with Crippen LogP contribution in [-0.4, -0.2) is 36.7 Å². The first kappa shape index (κ1) is 16.0. The van der Waals surface area contributed by atoms with E-state index in [4.69, 9.17) is 4.74 Å². The fourth-order valence-electron chi connectivity index (χ4n) is 3.22. The van der Waals surface area contributed by atoms with Crippen LogP contribution in [-0.2, 0) is 11.2 Å². The number of aryl methyl sites for hydroxylation is 1. The Kier molecular flexibility index (Phi) is 5.78. The number of nitrogens with zero attached hydrogens (tertiary/aromatic N) is 2. The van der Waals surface area contributed by atoms with Crippen LogP contribution < -0.4 is 0 Å². The molecule has 2 rings (SSSR count). The molecule has 0 radical (unpaired) electrons. The number of nitriles is 1. The zero-order valence-electron chi connectivity index (χ0n) is 13.2. The Morgan fingerprint density at radius 2 is 1.90 bits per heavy atom. The summed E-state index contributed by atoms with van der Waals surface area (Å²) >= 11 is 0. The Morgan fingerprint density at radius 1 is 1.24 bits per heavy atom. The first-order chi connectivity index (χ1) is 10.2. The fourth-order valence-corrected chi connectivity index (χ4v) is 3.22. The van der Waals surface area contributed by atoms with Crippen LogP contribution >= 0.6 is 0 Å². The monoisotopic (exact) mass is 286 g/mol. The summed E-state index contributed by atoms with van der Waals surface area (Å²) in [7, 11) is 0. The molecule has 3 nitrogen and oxygen atoms in total. The third kappa shape index (κ3) is 4.30. The second-order valence-electron chi connectivity index (χ2n) is 6.33. The molecule has 1 atom stereocenters.